The highest BCUT2D eigenvalue weighted by Gasteiger charge is 2.35. The van der Waals surface area contributed by atoms with E-state index in [2.05, 4.69) is 16.2 Å². The summed E-state index contributed by atoms with van der Waals surface area (Å²) in [5, 5.41) is 4.16. The molecule has 0 radical (unpaired) electrons. The Balaban J connectivity index is 1.37. The van der Waals surface area contributed by atoms with Crippen molar-refractivity contribution in [1.29, 1.82) is 0 Å². The van der Waals surface area contributed by atoms with Crippen LogP contribution >= 0.6 is 11.3 Å². The second-order valence-electron chi connectivity index (χ2n) is 7.56. The van der Waals surface area contributed by atoms with Crippen LogP contribution in [0.2, 0.25) is 0 Å². The van der Waals surface area contributed by atoms with Crippen molar-refractivity contribution in [1.82, 2.24) is 10.1 Å². The Morgan fingerprint density at radius 2 is 2.11 bits per heavy atom. The predicted molar refractivity (Wildman–Crippen MR) is 105 cm³/mol. The summed E-state index contributed by atoms with van der Waals surface area (Å²) in [4.78, 5) is 21.2. The van der Waals surface area contributed by atoms with Gasteiger partial charge < -0.3 is 9.42 Å². The molecule has 1 aliphatic heterocycles. The molecule has 1 aliphatic carbocycles. The minimum absolute atomic E-state index is 0.00561. The van der Waals surface area contributed by atoms with Gasteiger partial charge in [-0.2, -0.15) is 4.98 Å². The molecule has 1 amide bonds. The number of hydrogen-bond donors (Lipinski definition) is 0. The molecule has 0 spiro atoms. The third-order valence-corrected chi connectivity index (χ3v) is 6.82. The first-order chi connectivity index (χ1) is 13.6. The number of carbonyl (C=O) groups is 1. The van der Waals surface area contributed by atoms with Crippen molar-refractivity contribution in [2.45, 2.75) is 44.9 Å². The molecule has 1 fully saturated rings. The van der Waals surface area contributed by atoms with Crippen molar-refractivity contribution in [2.24, 2.45) is 0 Å². The highest BCUT2D eigenvalue weighted by molar-refractivity contribution is 7.15. The molecule has 0 N–H and O–H groups in total. The number of benzene rings is 1. The van der Waals surface area contributed by atoms with E-state index in [4.69, 9.17) is 4.52 Å². The van der Waals surface area contributed by atoms with Gasteiger partial charge in [-0.25, -0.2) is 4.39 Å². The molecule has 0 saturated carbocycles. The number of nitrogens with zero attached hydrogens (tertiary/aromatic N) is 3. The van der Waals surface area contributed by atoms with Gasteiger partial charge in [-0.05, 0) is 68.0 Å². The Kier molecular flexibility index (Phi) is 4.27. The maximum atomic E-state index is 13.5. The van der Waals surface area contributed by atoms with Gasteiger partial charge in [-0.3, -0.25) is 4.79 Å². The Labute approximate surface area is 166 Å². The van der Waals surface area contributed by atoms with E-state index in [9.17, 15) is 9.18 Å². The Morgan fingerprint density at radius 1 is 1.25 bits per heavy atom. The third-order valence-electron chi connectivity index (χ3n) is 5.59. The molecule has 144 valence electrons. The summed E-state index contributed by atoms with van der Waals surface area (Å²) in [5.41, 5.74) is 2.64. The molecule has 1 saturated heterocycles. The molecule has 2 aliphatic rings. The molecule has 28 heavy (non-hydrogen) atoms. The van der Waals surface area contributed by atoms with E-state index in [0.717, 1.165) is 17.7 Å². The standard InChI is InChI=1S/C21H20FN3O2S/c1-12-8-15(6-7-16(12)22)25-11-14(10-19(25)26)20-23-21(27-24-20)18-9-13-4-2-3-5-17(13)28-18/h6-9,14H,2-5,10-11H2,1H3. The van der Waals surface area contributed by atoms with E-state index >= 15 is 0 Å². The highest BCUT2D eigenvalue weighted by Crippen LogP contribution is 2.37. The van der Waals surface area contributed by atoms with Gasteiger partial charge in [0.1, 0.15) is 5.82 Å². The van der Waals surface area contributed by atoms with Crippen LogP contribution in [-0.4, -0.2) is 22.6 Å². The fraction of sp³-hybridized carbons (Fsp3) is 0.381. The van der Waals surface area contributed by atoms with Crippen LogP contribution in [0.5, 0.6) is 0 Å². The van der Waals surface area contributed by atoms with Crippen LogP contribution in [0.25, 0.3) is 10.8 Å². The van der Waals surface area contributed by atoms with Gasteiger partial charge in [0.25, 0.3) is 5.89 Å². The number of thiophene rings is 1. The average molecular weight is 397 g/mol. The molecule has 3 aromatic rings. The third kappa shape index (κ3) is 3.03. The van der Waals surface area contributed by atoms with E-state index in [1.807, 2.05) is 0 Å². The smallest absolute Gasteiger partial charge is 0.268 e. The van der Waals surface area contributed by atoms with Crippen LogP contribution in [0.1, 0.15) is 47.0 Å². The lowest BCUT2D eigenvalue weighted by Gasteiger charge is -2.16. The first-order valence-corrected chi connectivity index (χ1v) is 10.4. The van der Waals surface area contributed by atoms with Gasteiger partial charge >= 0.3 is 0 Å². The minimum atomic E-state index is -0.270. The molecule has 1 atom stereocenters. The van der Waals surface area contributed by atoms with E-state index in [-0.39, 0.29) is 17.6 Å². The van der Waals surface area contributed by atoms with Crippen LogP contribution in [0.15, 0.2) is 28.8 Å². The fourth-order valence-electron chi connectivity index (χ4n) is 4.02. The van der Waals surface area contributed by atoms with Crippen molar-refractivity contribution in [2.75, 3.05) is 11.4 Å². The van der Waals surface area contributed by atoms with Crippen LogP contribution in [0.4, 0.5) is 10.1 Å². The molecule has 5 rings (SSSR count). The zero-order chi connectivity index (χ0) is 19.3. The van der Waals surface area contributed by atoms with E-state index in [0.29, 0.717) is 35.9 Å². The second kappa shape index (κ2) is 6.81. The quantitative estimate of drug-likeness (QED) is 0.646. The molecule has 1 aromatic carbocycles. The number of rotatable bonds is 3. The van der Waals surface area contributed by atoms with Gasteiger partial charge in [-0.1, -0.05) is 5.16 Å². The molecule has 1 unspecified atom stereocenters. The average Bonchev–Trinajstić information content (AvgIpc) is 3.41. The summed E-state index contributed by atoms with van der Waals surface area (Å²) < 4.78 is 19.1. The van der Waals surface area contributed by atoms with E-state index < -0.39 is 0 Å². The van der Waals surface area contributed by atoms with Crippen molar-refractivity contribution in [3.8, 4) is 10.8 Å². The molecule has 3 heterocycles. The summed E-state index contributed by atoms with van der Waals surface area (Å²) >= 11 is 1.74. The van der Waals surface area contributed by atoms with Gasteiger partial charge in [0, 0.05) is 29.4 Å². The van der Waals surface area contributed by atoms with Gasteiger partial charge in [0.15, 0.2) is 5.82 Å². The number of carbonyl (C=O) groups excluding carboxylic acids is 1. The van der Waals surface area contributed by atoms with Crippen molar-refractivity contribution in [3.63, 3.8) is 0 Å². The molecular weight excluding hydrogens is 377 g/mol. The van der Waals surface area contributed by atoms with Crippen LogP contribution < -0.4 is 4.90 Å². The minimum Gasteiger partial charge on any atom is -0.333 e. The number of aryl methyl sites for hydroxylation is 3. The summed E-state index contributed by atoms with van der Waals surface area (Å²) in [6, 6.07) is 6.91. The van der Waals surface area contributed by atoms with Gasteiger partial charge in [0.05, 0.1) is 4.88 Å². The Bertz CT molecular complexity index is 1030. The SMILES string of the molecule is Cc1cc(N2CC(c3noc(-c4cc5c(s4)CCCC5)n3)CC2=O)ccc1F. The second-order valence-corrected chi connectivity index (χ2v) is 8.70. The van der Waals surface area contributed by atoms with Crippen molar-refractivity contribution >= 4 is 22.9 Å². The summed E-state index contributed by atoms with van der Waals surface area (Å²) in [7, 11) is 0. The largest absolute Gasteiger partial charge is 0.333 e. The predicted octanol–water partition coefficient (Wildman–Crippen LogP) is 4.64. The normalized spacial score (nSPS) is 19.3. The molecule has 2 aromatic heterocycles. The monoisotopic (exact) mass is 397 g/mol. The van der Waals surface area contributed by atoms with Crippen molar-refractivity contribution in [3.05, 3.63) is 51.9 Å². The first-order valence-electron chi connectivity index (χ1n) is 9.60. The summed E-state index contributed by atoms with van der Waals surface area (Å²) in [5.74, 6) is 0.710. The lowest BCUT2D eigenvalue weighted by atomic mass is 9.99. The number of aromatic nitrogens is 2. The zero-order valence-electron chi connectivity index (χ0n) is 15.6. The summed E-state index contributed by atoms with van der Waals surface area (Å²) in [6.07, 6.45) is 5.06. The lowest BCUT2D eigenvalue weighted by Crippen LogP contribution is -2.24. The molecular formula is C21H20FN3O2S. The highest BCUT2D eigenvalue weighted by atomic mass is 32.1. The number of halogens is 1. The molecule has 0 bridgehead atoms. The topological polar surface area (TPSA) is 59.2 Å². The van der Waals surface area contributed by atoms with Crippen LogP contribution in [0, 0.1) is 12.7 Å². The van der Waals surface area contributed by atoms with Crippen molar-refractivity contribution < 1.29 is 13.7 Å². The number of fused-ring (bicyclic) bond motifs is 1. The number of hydrogen-bond acceptors (Lipinski definition) is 5. The molecule has 5 nitrogen and oxygen atoms in total. The maximum absolute atomic E-state index is 13.5. The van der Waals surface area contributed by atoms with Gasteiger partial charge in [0.2, 0.25) is 5.91 Å². The Morgan fingerprint density at radius 3 is 2.93 bits per heavy atom. The molecule has 7 heteroatoms. The van der Waals surface area contributed by atoms with E-state index in [1.54, 1.807) is 35.3 Å². The van der Waals surface area contributed by atoms with Gasteiger partial charge in [-0.15, -0.1) is 11.3 Å². The number of anilines is 1. The Hall–Kier alpha value is -2.54. The first kappa shape index (κ1) is 17.6. The maximum Gasteiger partial charge on any atom is 0.268 e. The fourth-order valence-corrected chi connectivity index (χ4v) is 5.20. The van der Waals surface area contributed by atoms with Crippen LogP contribution in [0.3, 0.4) is 0 Å². The zero-order valence-corrected chi connectivity index (χ0v) is 16.4. The van der Waals surface area contributed by atoms with E-state index in [1.165, 1.54) is 29.3 Å². The lowest BCUT2D eigenvalue weighted by molar-refractivity contribution is -0.117. The number of amides is 1. The van der Waals surface area contributed by atoms with Crippen LogP contribution in [-0.2, 0) is 17.6 Å². The summed E-state index contributed by atoms with van der Waals surface area (Å²) in [6.45, 7) is 2.17.